The Hall–Kier alpha value is -1.47. The number of aryl methyl sites for hydroxylation is 1. The molecule has 0 N–H and O–H groups in total. The molecule has 0 aliphatic carbocycles. The third-order valence-electron chi connectivity index (χ3n) is 5.58. The number of aromatic nitrogens is 3. The maximum absolute atomic E-state index is 13.0. The van der Waals surface area contributed by atoms with E-state index in [9.17, 15) is 4.79 Å². The zero-order valence-electron chi connectivity index (χ0n) is 14.5. The smallest absolute Gasteiger partial charge is 0.291 e. The Morgan fingerprint density at radius 3 is 3.00 bits per heavy atom. The van der Waals surface area contributed by atoms with Crippen molar-refractivity contribution in [1.29, 1.82) is 0 Å². The number of carbonyl (C=O) groups is 1. The van der Waals surface area contributed by atoms with Gasteiger partial charge in [0.25, 0.3) is 5.91 Å². The summed E-state index contributed by atoms with van der Waals surface area (Å²) in [4.78, 5) is 17.5. The highest BCUT2D eigenvalue weighted by molar-refractivity contribution is 5.91. The standard InChI is InChI=1S/C17H27N5O2/c1-2-5-13-11-24-12-14-10-20(8-9-21(13)14)17(23)16-19-18-15-6-3-4-7-22(15)16/h13-14H,2-12H2,1H3/t13-,14+/m0/s1. The van der Waals surface area contributed by atoms with Crippen LogP contribution in [0.1, 0.15) is 49.1 Å². The molecule has 4 rings (SSSR count). The minimum atomic E-state index is 0.0351. The van der Waals surface area contributed by atoms with Crippen LogP contribution in [-0.2, 0) is 17.7 Å². The summed E-state index contributed by atoms with van der Waals surface area (Å²) in [6.07, 6.45) is 5.52. The van der Waals surface area contributed by atoms with Crippen LogP contribution in [0, 0.1) is 0 Å². The van der Waals surface area contributed by atoms with Gasteiger partial charge in [-0.3, -0.25) is 9.69 Å². The van der Waals surface area contributed by atoms with Gasteiger partial charge in [-0.25, -0.2) is 0 Å². The van der Waals surface area contributed by atoms with Gasteiger partial charge in [0.15, 0.2) is 0 Å². The van der Waals surface area contributed by atoms with E-state index in [1.807, 2.05) is 9.47 Å². The van der Waals surface area contributed by atoms with Gasteiger partial charge in [0.1, 0.15) is 5.82 Å². The van der Waals surface area contributed by atoms with E-state index in [1.54, 1.807) is 0 Å². The summed E-state index contributed by atoms with van der Waals surface area (Å²) in [6.45, 7) is 7.09. The van der Waals surface area contributed by atoms with Crippen molar-refractivity contribution in [3.8, 4) is 0 Å². The van der Waals surface area contributed by atoms with Crippen LogP contribution in [0.5, 0.6) is 0 Å². The highest BCUT2D eigenvalue weighted by Gasteiger charge is 2.37. The molecule has 24 heavy (non-hydrogen) atoms. The van der Waals surface area contributed by atoms with E-state index >= 15 is 0 Å². The second-order valence-corrected chi connectivity index (χ2v) is 7.17. The first kappa shape index (κ1) is 16.0. The quantitative estimate of drug-likeness (QED) is 0.824. The van der Waals surface area contributed by atoms with Crippen molar-refractivity contribution >= 4 is 5.91 Å². The number of ether oxygens (including phenoxy) is 1. The van der Waals surface area contributed by atoms with E-state index in [1.165, 1.54) is 12.8 Å². The number of morpholine rings is 1. The van der Waals surface area contributed by atoms with Crippen molar-refractivity contribution in [3.05, 3.63) is 11.6 Å². The lowest BCUT2D eigenvalue weighted by atomic mass is 10.0. The van der Waals surface area contributed by atoms with Crippen LogP contribution < -0.4 is 0 Å². The Balaban J connectivity index is 1.46. The zero-order chi connectivity index (χ0) is 16.5. The summed E-state index contributed by atoms with van der Waals surface area (Å²) in [5, 5.41) is 8.42. The van der Waals surface area contributed by atoms with Crippen LogP contribution in [0.15, 0.2) is 0 Å². The van der Waals surface area contributed by atoms with Gasteiger partial charge in [0.05, 0.1) is 19.3 Å². The molecule has 2 saturated heterocycles. The minimum Gasteiger partial charge on any atom is -0.378 e. The summed E-state index contributed by atoms with van der Waals surface area (Å²) in [5.41, 5.74) is 0. The van der Waals surface area contributed by atoms with Crippen LogP contribution in [0.3, 0.4) is 0 Å². The molecular formula is C17H27N5O2. The van der Waals surface area contributed by atoms with E-state index in [0.29, 0.717) is 17.9 Å². The van der Waals surface area contributed by atoms with Crippen molar-refractivity contribution < 1.29 is 9.53 Å². The first-order valence-corrected chi connectivity index (χ1v) is 9.32. The molecule has 2 fully saturated rings. The summed E-state index contributed by atoms with van der Waals surface area (Å²) < 4.78 is 7.82. The fourth-order valence-electron chi connectivity index (χ4n) is 4.31. The van der Waals surface area contributed by atoms with Crippen LogP contribution in [-0.4, -0.2) is 75.4 Å². The Kier molecular flexibility index (Phi) is 4.54. The number of hydrogen-bond acceptors (Lipinski definition) is 5. The molecule has 0 unspecified atom stereocenters. The molecule has 0 spiro atoms. The molecule has 2 atom stereocenters. The lowest BCUT2D eigenvalue weighted by molar-refractivity contribution is -0.0778. The number of carbonyl (C=O) groups excluding carboxylic acids is 1. The molecular weight excluding hydrogens is 306 g/mol. The van der Waals surface area contributed by atoms with Gasteiger partial charge in [0, 0.05) is 38.6 Å². The number of fused-ring (bicyclic) bond motifs is 2. The molecule has 0 radical (unpaired) electrons. The van der Waals surface area contributed by atoms with E-state index in [4.69, 9.17) is 4.74 Å². The summed E-state index contributed by atoms with van der Waals surface area (Å²) in [7, 11) is 0. The normalized spacial score (nSPS) is 27.6. The van der Waals surface area contributed by atoms with Gasteiger partial charge in [-0.2, -0.15) is 0 Å². The van der Waals surface area contributed by atoms with Crippen LogP contribution in [0.4, 0.5) is 0 Å². The molecule has 0 bridgehead atoms. The fraction of sp³-hybridized carbons (Fsp3) is 0.824. The molecule has 132 valence electrons. The number of nitrogens with zero attached hydrogens (tertiary/aromatic N) is 5. The topological polar surface area (TPSA) is 63.5 Å². The van der Waals surface area contributed by atoms with Crippen molar-refractivity contribution in [2.45, 2.75) is 57.7 Å². The van der Waals surface area contributed by atoms with E-state index < -0.39 is 0 Å². The maximum atomic E-state index is 13.0. The Labute approximate surface area is 143 Å². The van der Waals surface area contributed by atoms with E-state index in [-0.39, 0.29) is 5.91 Å². The third-order valence-corrected chi connectivity index (χ3v) is 5.58. The summed E-state index contributed by atoms with van der Waals surface area (Å²) >= 11 is 0. The van der Waals surface area contributed by atoms with Gasteiger partial charge in [-0.05, 0) is 19.3 Å². The average molecular weight is 333 g/mol. The van der Waals surface area contributed by atoms with Crippen LogP contribution in [0.2, 0.25) is 0 Å². The molecule has 4 heterocycles. The predicted octanol–water partition coefficient (Wildman–Crippen LogP) is 0.940. The number of rotatable bonds is 3. The van der Waals surface area contributed by atoms with Gasteiger partial charge in [0.2, 0.25) is 5.82 Å². The molecule has 3 aliphatic heterocycles. The van der Waals surface area contributed by atoms with Gasteiger partial charge >= 0.3 is 0 Å². The molecule has 1 aromatic rings. The Bertz CT molecular complexity index is 600. The second-order valence-electron chi connectivity index (χ2n) is 7.17. The SMILES string of the molecule is CCC[C@H]1COC[C@H]2CN(C(=O)c3nnc4n3CCCC4)CCN12. The molecule has 3 aliphatic rings. The van der Waals surface area contributed by atoms with Gasteiger partial charge in [-0.15, -0.1) is 10.2 Å². The van der Waals surface area contributed by atoms with E-state index in [0.717, 1.165) is 64.5 Å². The highest BCUT2D eigenvalue weighted by Crippen LogP contribution is 2.23. The number of amides is 1. The van der Waals surface area contributed by atoms with Gasteiger partial charge in [-0.1, -0.05) is 13.3 Å². The largest absolute Gasteiger partial charge is 0.378 e. The lowest BCUT2D eigenvalue weighted by Gasteiger charge is -2.47. The Morgan fingerprint density at radius 1 is 1.21 bits per heavy atom. The van der Waals surface area contributed by atoms with Gasteiger partial charge < -0.3 is 14.2 Å². The first-order chi connectivity index (χ1) is 11.8. The van der Waals surface area contributed by atoms with Crippen LogP contribution >= 0.6 is 0 Å². The lowest BCUT2D eigenvalue weighted by Crippen LogP contribution is -2.62. The minimum absolute atomic E-state index is 0.0351. The van der Waals surface area contributed by atoms with Crippen molar-refractivity contribution in [2.24, 2.45) is 0 Å². The van der Waals surface area contributed by atoms with Crippen molar-refractivity contribution in [1.82, 2.24) is 24.6 Å². The maximum Gasteiger partial charge on any atom is 0.291 e. The molecule has 1 aromatic heterocycles. The monoisotopic (exact) mass is 333 g/mol. The third kappa shape index (κ3) is 2.84. The zero-order valence-corrected chi connectivity index (χ0v) is 14.5. The summed E-state index contributed by atoms with van der Waals surface area (Å²) in [5.74, 6) is 1.53. The van der Waals surface area contributed by atoms with Crippen molar-refractivity contribution in [3.63, 3.8) is 0 Å². The second kappa shape index (κ2) is 6.80. The Morgan fingerprint density at radius 2 is 2.12 bits per heavy atom. The van der Waals surface area contributed by atoms with E-state index in [2.05, 4.69) is 22.0 Å². The molecule has 0 saturated carbocycles. The van der Waals surface area contributed by atoms with Crippen molar-refractivity contribution in [2.75, 3.05) is 32.8 Å². The fourth-order valence-corrected chi connectivity index (χ4v) is 4.31. The molecule has 7 heteroatoms. The average Bonchev–Trinajstić information content (AvgIpc) is 3.05. The highest BCUT2D eigenvalue weighted by atomic mass is 16.5. The predicted molar refractivity (Wildman–Crippen MR) is 88.9 cm³/mol. The molecule has 7 nitrogen and oxygen atoms in total. The number of piperazine rings is 1. The molecule has 1 amide bonds. The molecule has 0 aromatic carbocycles. The summed E-state index contributed by atoms with van der Waals surface area (Å²) in [6, 6.07) is 0.823. The van der Waals surface area contributed by atoms with Crippen LogP contribution in [0.25, 0.3) is 0 Å². The number of hydrogen-bond donors (Lipinski definition) is 0. The first-order valence-electron chi connectivity index (χ1n) is 9.32.